The molecule has 0 bridgehead atoms. The van der Waals surface area contributed by atoms with E-state index < -0.39 is 23.7 Å². The van der Waals surface area contributed by atoms with Crippen LogP contribution in [-0.2, 0) is 15.8 Å². The maximum atomic E-state index is 13.0. The Morgan fingerprint density at radius 2 is 1.85 bits per heavy atom. The fourth-order valence-corrected chi connectivity index (χ4v) is 3.07. The van der Waals surface area contributed by atoms with Gasteiger partial charge in [-0.1, -0.05) is 12.1 Å². The van der Waals surface area contributed by atoms with Gasteiger partial charge in [0, 0.05) is 13.5 Å². The van der Waals surface area contributed by atoms with Crippen molar-refractivity contribution in [3.63, 3.8) is 0 Å². The predicted octanol–water partition coefficient (Wildman–Crippen LogP) is 2.88. The third-order valence-electron chi connectivity index (χ3n) is 4.71. The minimum atomic E-state index is -4.52. The van der Waals surface area contributed by atoms with Gasteiger partial charge in [-0.05, 0) is 50.9 Å². The number of hydrogen-bond acceptors (Lipinski definition) is 3. The van der Waals surface area contributed by atoms with Gasteiger partial charge in [0.25, 0.3) is 0 Å². The number of benzene rings is 1. The summed E-state index contributed by atoms with van der Waals surface area (Å²) in [6.45, 7) is 5.11. The summed E-state index contributed by atoms with van der Waals surface area (Å²) in [4.78, 5) is 25.3. The molecule has 144 valence electrons. The van der Waals surface area contributed by atoms with E-state index in [1.807, 2.05) is 4.90 Å². The fraction of sp³-hybridized carbons (Fsp3) is 0.556. The van der Waals surface area contributed by atoms with Crippen molar-refractivity contribution < 1.29 is 22.8 Å². The van der Waals surface area contributed by atoms with Gasteiger partial charge in [-0.25, -0.2) is 0 Å². The third-order valence-corrected chi connectivity index (χ3v) is 4.71. The second-order valence-corrected chi connectivity index (χ2v) is 6.62. The lowest BCUT2D eigenvalue weighted by Crippen LogP contribution is -2.47. The Labute approximate surface area is 150 Å². The molecule has 1 aliphatic heterocycles. The van der Waals surface area contributed by atoms with E-state index in [4.69, 9.17) is 0 Å². The molecule has 26 heavy (non-hydrogen) atoms. The number of carbonyl (C=O) groups excluding carboxylic acids is 2. The number of piperidine rings is 1. The summed E-state index contributed by atoms with van der Waals surface area (Å²) in [5.41, 5.74) is -1.08. The monoisotopic (exact) mass is 371 g/mol. The number of likely N-dealkylation sites (tertiary alicyclic amines) is 1. The van der Waals surface area contributed by atoms with E-state index in [-0.39, 0.29) is 11.6 Å². The van der Waals surface area contributed by atoms with Gasteiger partial charge in [-0.3, -0.25) is 14.5 Å². The highest BCUT2D eigenvalue weighted by atomic mass is 19.4. The Kier molecular flexibility index (Phi) is 6.63. The molecule has 1 aliphatic rings. The summed E-state index contributed by atoms with van der Waals surface area (Å²) in [6.07, 6.45) is -2.86. The van der Waals surface area contributed by atoms with E-state index in [2.05, 4.69) is 10.6 Å². The first kappa shape index (κ1) is 20.2. The molecule has 1 heterocycles. The summed E-state index contributed by atoms with van der Waals surface area (Å²) in [5.74, 6) is -0.165. The van der Waals surface area contributed by atoms with Crippen molar-refractivity contribution in [1.29, 1.82) is 0 Å². The lowest BCUT2D eigenvalue weighted by atomic mass is 9.95. The molecule has 1 unspecified atom stereocenters. The maximum absolute atomic E-state index is 13.0. The van der Waals surface area contributed by atoms with Crippen LogP contribution < -0.4 is 10.6 Å². The lowest BCUT2D eigenvalue weighted by Gasteiger charge is -2.35. The van der Waals surface area contributed by atoms with Gasteiger partial charge in [-0.2, -0.15) is 13.2 Å². The van der Waals surface area contributed by atoms with Gasteiger partial charge in [0.05, 0.1) is 17.3 Å². The maximum Gasteiger partial charge on any atom is 0.418 e. The number of carbonyl (C=O) groups is 2. The molecule has 2 N–H and O–H groups in total. The minimum Gasteiger partial charge on any atom is -0.356 e. The Morgan fingerprint density at radius 3 is 2.42 bits per heavy atom. The zero-order valence-corrected chi connectivity index (χ0v) is 14.9. The molecular formula is C18H24F3N3O2. The minimum absolute atomic E-state index is 0.0662. The van der Waals surface area contributed by atoms with Crippen LogP contribution in [0.2, 0.25) is 0 Å². The van der Waals surface area contributed by atoms with Crippen LogP contribution in [0.4, 0.5) is 18.9 Å². The number of nitrogens with one attached hydrogen (secondary N) is 2. The number of hydrogen-bond donors (Lipinski definition) is 2. The number of alkyl halides is 3. The van der Waals surface area contributed by atoms with Crippen LogP contribution in [-0.4, -0.2) is 42.4 Å². The van der Waals surface area contributed by atoms with E-state index in [1.54, 1.807) is 6.92 Å². The van der Waals surface area contributed by atoms with Gasteiger partial charge in [0.15, 0.2) is 0 Å². The molecule has 1 atom stereocenters. The fourth-order valence-electron chi connectivity index (χ4n) is 3.07. The first-order chi connectivity index (χ1) is 12.2. The smallest absolute Gasteiger partial charge is 0.356 e. The molecule has 0 spiro atoms. The molecule has 2 rings (SSSR count). The third kappa shape index (κ3) is 5.45. The number of amides is 2. The molecular weight excluding hydrogens is 347 g/mol. The summed E-state index contributed by atoms with van der Waals surface area (Å²) >= 11 is 0. The zero-order chi connectivity index (χ0) is 19.3. The number of nitrogens with zero attached hydrogens (tertiary/aromatic N) is 1. The van der Waals surface area contributed by atoms with Crippen molar-refractivity contribution in [3.05, 3.63) is 29.8 Å². The Bertz CT molecular complexity index is 641. The van der Waals surface area contributed by atoms with Crippen molar-refractivity contribution in [1.82, 2.24) is 10.2 Å². The molecule has 0 aliphatic carbocycles. The second kappa shape index (κ2) is 8.53. The second-order valence-electron chi connectivity index (χ2n) is 6.62. The van der Waals surface area contributed by atoms with E-state index in [1.165, 1.54) is 25.1 Å². The van der Waals surface area contributed by atoms with Crippen molar-refractivity contribution in [2.24, 2.45) is 5.92 Å². The molecule has 1 saturated heterocycles. The van der Waals surface area contributed by atoms with Crippen molar-refractivity contribution >= 4 is 17.5 Å². The number of rotatable bonds is 5. The summed E-state index contributed by atoms with van der Waals surface area (Å²) in [7, 11) is 0. The van der Waals surface area contributed by atoms with Crippen molar-refractivity contribution in [3.8, 4) is 0 Å². The van der Waals surface area contributed by atoms with Crippen LogP contribution in [0.15, 0.2) is 24.3 Å². The topological polar surface area (TPSA) is 61.4 Å². The van der Waals surface area contributed by atoms with Gasteiger partial charge < -0.3 is 10.6 Å². The first-order valence-corrected chi connectivity index (χ1v) is 8.64. The molecule has 2 amide bonds. The largest absolute Gasteiger partial charge is 0.418 e. The van der Waals surface area contributed by atoms with E-state index in [9.17, 15) is 22.8 Å². The van der Waals surface area contributed by atoms with Gasteiger partial charge in [0.1, 0.15) is 0 Å². The van der Waals surface area contributed by atoms with Crippen LogP contribution in [0.5, 0.6) is 0 Å². The summed E-state index contributed by atoms with van der Waals surface area (Å²) < 4.78 is 39.1. The molecule has 1 fully saturated rings. The van der Waals surface area contributed by atoms with Crippen LogP contribution in [0.3, 0.4) is 0 Å². The SMILES string of the molecule is CC(=O)NCC1CCN(C(C)C(=O)Nc2ccccc2C(F)(F)F)CC1. The van der Waals surface area contributed by atoms with Gasteiger partial charge >= 0.3 is 6.18 Å². The molecule has 1 aromatic rings. The van der Waals surface area contributed by atoms with Crippen LogP contribution in [0, 0.1) is 5.92 Å². The molecule has 8 heteroatoms. The molecule has 1 aromatic carbocycles. The van der Waals surface area contributed by atoms with Crippen molar-refractivity contribution in [2.45, 2.75) is 38.9 Å². The number of halogens is 3. The van der Waals surface area contributed by atoms with Gasteiger partial charge in [0.2, 0.25) is 11.8 Å². The molecule has 0 aromatic heterocycles. The summed E-state index contributed by atoms with van der Waals surface area (Å²) in [5, 5.41) is 5.20. The Balaban J connectivity index is 1.92. The van der Waals surface area contributed by atoms with E-state index in [0.717, 1.165) is 18.9 Å². The Morgan fingerprint density at radius 1 is 1.23 bits per heavy atom. The van der Waals surface area contributed by atoms with Crippen LogP contribution in [0.1, 0.15) is 32.3 Å². The highest BCUT2D eigenvalue weighted by Gasteiger charge is 2.34. The van der Waals surface area contributed by atoms with Gasteiger partial charge in [-0.15, -0.1) is 0 Å². The van der Waals surface area contributed by atoms with Crippen LogP contribution >= 0.6 is 0 Å². The summed E-state index contributed by atoms with van der Waals surface area (Å²) in [6, 6.07) is 4.43. The standard InChI is InChI=1S/C18H24F3N3O2/c1-12(24-9-7-14(8-10-24)11-22-13(2)25)17(26)23-16-6-4-3-5-15(16)18(19,20)21/h3-6,12,14H,7-11H2,1-2H3,(H,22,25)(H,23,26). The van der Waals surface area contributed by atoms with Crippen LogP contribution in [0.25, 0.3) is 0 Å². The Hall–Kier alpha value is -2.09. The first-order valence-electron chi connectivity index (χ1n) is 8.64. The van der Waals surface area contributed by atoms with E-state index in [0.29, 0.717) is 25.6 Å². The highest BCUT2D eigenvalue weighted by molar-refractivity contribution is 5.95. The molecule has 0 saturated carbocycles. The highest BCUT2D eigenvalue weighted by Crippen LogP contribution is 2.34. The molecule has 5 nitrogen and oxygen atoms in total. The number of anilines is 1. The van der Waals surface area contributed by atoms with E-state index >= 15 is 0 Å². The predicted molar refractivity (Wildman–Crippen MR) is 92.5 cm³/mol. The normalized spacial score (nSPS) is 17.6. The lowest BCUT2D eigenvalue weighted by molar-refractivity contribution is -0.137. The average Bonchev–Trinajstić information content (AvgIpc) is 2.59. The number of para-hydroxylation sites is 1. The zero-order valence-electron chi connectivity index (χ0n) is 14.9. The van der Waals surface area contributed by atoms with Crippen molar-refractivity contribution in [2.75, 3.05) is 25.0 Å². The quantitative estimate of drug-likeness (QED) is 0.837. The molecule has 0 radical (unpaired) electrons. The average molecular weight is 371 g/mol.